The van der Waals surface area contributed by atoms with Crippen LogP contribution in [0.2, 0.25) is 0 Å². The molecule has 0 amide bonds. The van der Waals surface area contributed by atoms with E-state index >= 15 is 0 Å². The summed E-state index contributed by atoms with van der Waals surface area (Å²) in [4.78, 5) is 8.27. The summed E-state index contributed by atoms with van der Waals surface area (Å²) >= 11 is 1.16. The van der Waals surface area contributed by atoms with E-state index in [1.165, 1.54) is 7.11 Å². The smallest absolute Gasteiger partial charge is 0.316 e. The van der Waals surface area contributed by atoms with Crippen molar-refractivity contribution in [1.82, 2.24) is 9.97 Å². The summed E-state index contributed by atoms with van der Waals surface area (Å²) in [7, 11) is -2.21. The molecule has 1 aromatic heterocycles. The van der Waals surface area contributed by atoms with Crippen LogP contribution in [0.25, 0.3) is 5.57 Å². The summed E-state index contributed by atoms with van der Waals surface area (Å²) < 4.78 is 33.3. The lowest BCUT2D eigenvalue weighted by Gasteiger charge is -2.14. The highest BCUT2D eigenvalue weighted by Gasteiger charge is 2.22. The van der Waals surface area contributed by atoms with Crippen LogP contribution in [0, 0.1) is 6.92 Å². The SMILES string of the molecule is COc1ncc(/C(C)=C(/SC)S(=O)(=O)Nc2ccccc2)c(C)n1. The first-order valence-corrected chi connectivity index (χ1v) is 9.80. The van der Waals surface area contributed by atoms with Gasteiger partial charge in [-0.1, -0.05) is 18.2 Å². The van der Waals surface area contributed by atoms with Gasteiger partial charge in [-0.25, -0.2) is 13.4 Å². The highest BCUT2D eigenvalue weighted by atomic mass is 32.3. The molecule has 6 nitrogen and oxygen atoms in total. The highest BCUT2D eigenvalue weighted by Crippen LogP contribution is 2.31. The van der Waals surface area contributed by atoms with Crippen molar-refractivity contribution in [3.63, 3.8) is 0 Å². The van der Waals surface area contributed by atoms with Gasteiger partial charge < -0.3 is 4.74 Å². The summed E-state index contributed by atoms with van der Waals surface area (Å²) in [6.45, 7) is 3.53. The first kappa shape index (κ1) is 18.3. The summed E-state index contributed by atoms with van der Waals surface area (Å²) in [6.07, 6.45) is 3.30. The molecule has 0 bridgehead atoms. The van der Waals surface area contributed by atoms with Gasteiger partial charge in [-0.3, -0.25) is 4.72 Å². The molecule has 0 unspecified atom stereocenters. The van der Waals surface area contributed by atoms with Crippen LogP contribution in [0.4, 0.5) is 5.69 Å². The number of hydrogen-bond donors (Lipinski definition) is 1. The second kappa shape index (κ2) is 7.67. The molecule has 0 spiro atoms. The third kappa shape index (κ3) is 4.07. The highest BCUT2D eigenvalue weighted by molar-refractivity contribution is 8.19. The molecule has 0 saturated heterocycles. The Balaban J connectivity index is 2.46. The van der Waals surface area contributed by atoms with Gasteiger partial charge in [0.15, 0.2) is 0 Å². The summed E-state index contributed by atoms with van der Waals surface area (Å²) in [6, 6.07) is 9.02. The fraction of sp³-hybridized carbons (Fsp3) is 0.250. The molecule has 1 aromatic carbocycles. The van der Waals surface area contributed by atoms with Gasteiger partial charge in [0.25, 0.3) is 10.0 Å². The molecule has 2 aromatic rings. The Morgan fingerprint density at radius 1 is 1.25 bits per heavy atom. The lowest BCUT2D eigenvalue weighted by atomic mass is 10.1. The molecule has 0 saturated carbocycles. The van der Waals surface area contributed by atoms with Gasteiger partial charge in [-0.15, -0.1) is 11.8 Å². The predicted octanol–water partition coefficient (Wildman–Crippen LogP) is 3.29. The number of sulfonamides is 1. The minimum absolute atomic E-state index is 0.225. The first-order chi connectivity index (χ1) is 11.4. The number of anilines is 1. The normalized spacial score (nSPS) is 12.5. The average Bonchev–Trinajstić information content (AvgIpc) is 2.55. The van der Waals surface area contributed by atoms with Gasteiger partial charge in [-0.05, 0) is 37.8 Å². The molecular formula is C16H19N3O3S2. The standard InChI is InChI=1S/C16H19N3O3S2/c1-11(14-10-17-16(22-3)18-12(14)2)15(23-4)24(20,21)19-13-8-6-5-7-9-13/h5-10,19H,1-4H3/b15-11-. The van der Waals surface area contributed by atoms with Crippen LogP contribution >= 0.6 is 11.8 Å². The summed E-state index contributed by atoms with van der Waals surface area (Å²) in [5.41, 5.74) is 2.42. The first-order valence-electron chi connectivity index (χ1n) is 7.09. The lowest BCUT2D eigenvalue weighted by Crippen LogP contribution is -2.14. The lowest BCUT2D eigenvalue weighted by molar-refractivity contribution is 0.378. The van der Waals surface area contributed by atoms with Gasteiger partial charge in [0.2, 0.25) is 0 Å². The third-order valence-electron chi connectivity index (χ3n) is 3.31. The van der Waals surface area contributed by atoms with Crippen molar-refractivity contribution in [2.24, 2.45) is 0 Å². The minimum atomic E-state index is -3.70. The second-order valence-corrected chi connectivity index (χ2v) is 7.64. The second-order valence-electron chi connectivity index (χ2n) is 4.94. The van der Waals surface area contributed by atoms with E-state index in [9.17, 15) is 8.42 Å². The van der Waals surface area contributed by atoms with Crippen molar-refractivity contribution in [3.05, 3.63) is 52.0 Å². The molecule has 24 heavy (non-hydrogen) atoms. The number of hydrogen-bond acceptors (Lipinski definition) is 6. The Hall–Kier alpha value is -2.06. The van der Waals surface area contributed by atoms with Crippen molar-refractivity contribution >= 4 is 33.0 Å². The Kier molecular flexibility index (Phi) is 5.84. The van der Waals surface area contributed by atoms with Crippen molar-refractivity contribution in [3.8, 4) is 6.01 Å². The number of allylic oxidation sites excluding steroid dienone is 1. The fourth-order valence-electron chi connectivity index (χ4n) is 2.19. The maximum atomic E-state index is 12.7. The molecule has 8 heteroatoms. The molecule has 0 radical (unpaired) electrons. The monoisotopic (exact) mass is 365 g/mol. The zero-order valence-corrected chi connectivity index (χ0v) is 15.5. The van der Waals surface area contributed by atoms with Crippen molar-refractivity contribution in [2.45, 2.75) is 13.8 Å². The third-order valence-corrected chi connectivity index (χ3v) is 6.44. The molecule has 0 aliphatic rings. The van der Waals surface area contributed by atoms with E-state index in [4.69, 9.17) is 4.74 Å². The van der Waals surface area contributed by atoms with E-state index in [0.717, 1.165) is 11.8 Å². The van der Waals surface area contributed by atoms with Gasteiger partial charge in [0.05, 0.1) is 12.8 Å². The number of para-hydroxylation sites is 1. The molecule has 128 valence electrons. The average molecular weight is 365 g/mol. The zero-order valence-electron chi connectivity index (χ0n) is 13.9. The van der Waals surface area contributed by atoms with Crippen LogP contribution in [0.1, 0.15) is 18.2 Å². The quantitative estimate of drug-likeness (QED) is 0.846. The van der Waals surface area contributed by atoms with Crippen LogP contribution in [0.5, 0.6) is 6.01 Å². The largest absolute Gasteiger partial charge is 0.467 e. The molecule has 0 aliphatic heterocycles. The predicted molar refractivity (Wildman–Crippen MR) is 98.4 cm³/mol. The number of rotatable bonds is 6. The van der Waals surface area contributed by atoms with Crippen LogP contribution in [0.15, 0.2) is 40.8 Å². The van der Waals surface area contributed by atoms with Crippen molar-refractivity contribution in [1.29, 1.82) is 0 Å². The molecule has 0 aliphatic carbocycles. The van der Waals surface area contributed by atoms with E-state index < -0.39 is 10.0 Å². The van der Waals surface area contributed by atoms with E-state index in [1.54, 1.807) is 50.6 Å². The Morgan fingerprint density at radius 2 is 1.92 bits per heavy atom. The Labute approximate surface area is 146 Å². The maximum absolute atomic E-state index is 12.7. The number of nitrogens with one attached hydrogen (secondary N) is 1. The van der Waals surface area contributed by atoms with Gasteiger partial charge in [-0.2, -0.15) is 4.98 Å². The van der Waals surface area contributed by atoms with E-state index in [1.807, 2.05) is 6.07 Å². The Morgan fingerprint density at radius 3 is 2.46 bits per heavy atom. The van der Waals surface area contributed by atoms with Gasteiger partial charge >= 0.3 is 6.01 Å². The van der Waals surface area contributed by atoms with Crippen molar-refractivity contribution in [2.75, 3.05) is 18.1 Å². The zero-order chi connectivity index (χ0) is 17.7. The number of ether oxygens (including phenoxy) is 1. The van der Waals surface area contributed by atoms with E-state index in [-0.39, 0.29) is 10.2 Å². The fourth-order valence-corrected chi connectivity index (χ4v) is 4.67. The topological polar surface area (TPSA) is 81.2 Å². The van der Waals surface area contributed by atoms with Crippen LogP contribution in [-0.4, -0.2) is 31.8 Å². The van der Waals surface area contributed by atoms with Crippen molar-refractivity contribution < 1.29 is 13.2 Å². The number of aromatic nitrogens is 2. The molecular weight excluding hydrogens is 346 g/mol. The van der Waals surface area contributed by atoms with Gasteiger partial charge in [0, 0.05) is 17.4 Å². The van der Waals surface area contributed by atoms with Crippen LogP contribution in [0.3, 0.4) is 0 Å². The van der Waals surface area contributed by atoms with Gasteiger partial charge in [0.1, 0.15) is 4.24 Å². The number of nitrogens with zero attached hydrogens (tertiary/aromatic N) is 2. The summed E-state index contributed by atoms with van der Waals surface area (Å²) in [5, 5.41) is 0. The minimum Gasteiger partial charge on any atom is -0.467 e. The Bertz CT molecular complexity index is 850. The molecule has 1 N–H and O–H groups in total. The van der Waals surface area contributed by atoms with E-state index in [2.05, 4.69) is 14.7 Å². The number of thioether (sulfide) groups is 1. The van der Waals surface area contributed by atoms with E-state index in [0.29, 0.717) is 22.5 Å². The maximum Gasteiger partial charge on any atom is 0.316 e. The number of methoxy groups -OCH3 is 1. The van der Waals surface area contributed by atoms with Crippen LogP contribution < -0.4 is 9.46 Å². The molecule has 2 rings (SSSR count). The molecule has 0 atom stereocenters. The number of benzene rings is 1. The van der Waals surface area contributed by atoms with Crippen LogP contribution in [-0.2, 0) is 10.0 Å². The summed E-state index contributed by atoms with van der Waals surface area (Å²) in [5.74, 6) is 0. The molecule has 1 heterocycles. The number of aryl methyl sites for hydroxylation is 1. The molecule has 0 fully saturated rings.